The van der Waals surface area contributed by atoms with Crippen molar-refractivity contribution in [2.45, 2.75) is 38.0 Å². The molecule has 112 valence electrons. The Morgan fingerprint density at radius 1 is 1.33 bits per heavy atom. The molecule has 0 spiro atoms. The van der Waals surface area contributed by atoms with Gasteiger partial charge in [0, 0.05) is 12.6 Å². The first-order valence-corrected chi connectivity index (χ1v) is 7.49. The Hall–Kier alpha value is -1.72. The molecule has 2 heterocycles. The van der Waals surface area contributed by atoms with Gasteiger partial charge < -0.3 is 5.11 Å². The molecule has 1 fully saturated rings. The van der Waals surface area contributed by atoms with E-state index in [2.05, 4.69) is 15.0 Å². The highest BCUT2D eigenvalue weighted by Gasteiger charge is 2.32. The SMILES string of the molecule is C[C@](O)(CN1CCC[C@H]1Cn1cncn1)c1ccccc1. The number of aromatic nitrogens is 3. The lowest BCUT2D eigenvalue weighted by molar-refractivity contribution is 0.00965. The summed E-state index contributed by atoms with van der Waals surface area (Å²) in [6.07, 6.45) is 5.64. The smallest absolute Gasteiger partial charge is 0.137 e. The number of benzene rings is 1. The quantitative estimate of drug-likeness (QED) is 0.908. The minimum Gasteiger partial charge on any atom is -0.384 e. The van der Waals surface area contributed by atoms with Crippen LogP contribution >= 0.6 is 0 Å². The van der Waals surface area contributed by atoms with Gasteiger partial charge in [-0.2, -0.15) is 5.10 Å². The predicted molar refractivity (Wildman–Crippen MR) is 80.6 cm³/mol. The topological polar surface area (TPSA) is 54.2 Å². The Kier molecular flexibility index (Phi) is 4.03. The Balaban J connectivity index is 1.68. The van der Waals surface area contributed by atoms with Gasteiger partial charge in [-0.25, -0.2) is 4.98 Å². The summed E-state index contributed by atoms with van der Waals surface area (Å²) < 4.78 is 1.88. The third kappa shape index (κ3) is 3.31. The molecule has 1 aromatic heterocycles. The number of hydrogen-bond donors (Lipinski definition) is 1. The first-order valence-electron chi connectivity index (χ1n) is 7.49. The molecule has 0 radical (unpaired) electrons. The number of rotatable bonds is 5. The van der Waals surface area contributed by atoms with Crippen molar-refractivity contribution in [3.63, 3.8) is 0 Å². The van der Waals surface area contributed by atoms with Crippen molar-refractivity contribution < 1.29 is 5.11 Å². The molecule has 2 aromatic rings. The van der Waals surface area contributed by atoms with E-state index in [4.69, 9.17) is 0 Å². The molecule has 0 amide bonds. The number of nitrogens with zero attached hydrogens (tertiary/aromatic N) is 4. The van der Waals surface area contributed by atoms with E-state index in [0.717, 1.165) is 25.1 Å². The van der Waals surface area contributed by atoms with E-state index in [9.17, 15) is 5.11 Å². The fourth-order valence-electron chi connectivity index (χ4n) is 3.14. The highest BCUT2D eigenvalue weighted by atomic mass is 16.3. The van der Waals surface area contributed by atoms with Gasteiger partial charge in [-0.1, -0.05) is 30.3 Å². The highest BCUT2D eigenvalue weighted by molar-refractivity contribution is 5.22. The van der Waals surface area contributed by atoms with Crippen LogP contribution in [0.5, 0.6) is 0 Å². The minimum absolute atomic E-state index is 0.418. The molecular formula is C16H22N4O. The second-order valence-electron chi connectivity index (χ2n) is 6.02. The molecule has 1 saturated heterocycles. The van der Waals surface area contributed by atoms with Crippen molar-refractivity contribution in [1.82, 2.24) is 19.7 Å². The Labute approximate surface area is 125 Å². The van der Waals surface area contributed by atoms with Crippen LogP contribution in [0.1, 0.15) is 25.3 Å². The van der Waals surface area contributed by atoms with E-state index >= 15 is 0 Å². The monoisotopic (exact) mass is 286 g/mol. The minimum atomic E-state index is -0.827. The largest absolute Gasteiger partial charge is 0.384 e. The molecule has 2 atom stereocenters. The van der Waals surface area contributed by atoms with Crippen molar-refractivity contribution in [3.05, 3.63) is 48.5 Å². The van der Waals surface area contributed by atoms with Crippen molar-refractivity contribution in [1.29, 1.82) is 0 Å². The molecule has 21 heavy (non-hydrogen) atoms. The molecule has 5 nitrogen and oxygen atoms in total. The van der Waals surface area contributed by atoms with Crippen LogP contribution in [0.25, 0.3) is 0 Å². The molecule has 0 aliphatic carbocycles. The van der Waals surface area contributed by atoms with Gasteiger partial charge in [-0.3, -0.25) is 9.58 Å². The maximum atomic E-state index is 10.8. The summed E-state index contributed by atoms with van der Waals surface area (Å²) in [5, 5.41) is 15.0. The van der Waals surface area contributed by atoms with Crippen molar-refractivity contribution in [3.8, 4) is 0 Å². The van der Waals surface area contributed by atoms with Crippen molar-refractivity contribution in [2.24, 2.45) is 0 Å². The van der Waals surface area contributed by atoms with Gasteiger partial charge in [0.15, 0.2) is 0 Å². The summed E-state index contributed by atoms with van der Waals surface area (Å²) in [7, 11) is 0. The molecule has 1 aliphatic heterocycles. The van der Waals surface area contributed by atoms with E-state index in [-0.39, 0.29) is 0 Å². The summed E-state index contributed by atoms with van der Waals surface area (Å²) in [5.41, 5.74) is 0.142. The van der Waals surface area contributed by atoms with Crippen LogP contribution in [0.2, 0.25) is 0 Å². The van der Waals surface area contributed by atoms with E-state index in [1.165, 1.54) is 6.42 Å². The van der Waals surface area contributed by atoms with Crippen molar-refractivity contribution in [2.75, 3.05) is 13.1 Å². The number of hydrogen-bond acceptors (Lipinski definition) is 4. The second-order valence-corrected chi connectivity index (χ2v) is 6.02. The summed E-state index contributed by atoms with van der Waals surface area (Å²) >= 11 is 0. The number of aliphatic hydroxyl groups is 1. The number of β-amino-alcohol motifs (C(OH)–C–C–N with tert-alkyl or cyclic N) is 1. The third-order valence-electron chi connectivity index (χ3n) is 4.27. The molecule has 1 N–H and O–H groups in total. The lowest BCUT2D eigenvalue weighted by Crippen LogP contribution is -2.43. The molecule has 0 bridgehead atoms. The zero-order chi connectivity index (χ0) is 14.7. The van der Waals surface area contributed by atoms with Crippen molar-refractivity contribution >= 4 is 0 Å². The summed E-state index contributed by atoms with van der Waals surface area (Å²) in [6, 6.07) is 10.3. The lowest BCUT2D eigenvalue weighted by atomic mass is 9.95. The Bertz CT molecular complexity index is 553. The van der Waals surface area contributed by atoms with E-state index in [1.807, 2.05) is 41.9 Å². The fourth-order valence-corrected chi connectivity index (χ4v) is 3.14. The summed E-state index contributed by atoms with van der Waals surface area (Å²) in [4.78, 5) is 6.37. The standard InChI is InChI=1S/C16H22N4O/c1-16(21,14-6-3-2-4-7-14)11-19-9-5-8-15(19)10-20-13-17-12-18-20/h2-4,6-7,12-13,15,21H,5,8-11H2,1H3/t15-,16-/m0/s1. The van der Waals surface area contributed by atoms with Gasteiger partial charge in [0.25, 0.3) is 0 Å². The van der Waals surface area contributed by atoms with Crippen LogP contribution in [-0.2, 0) is 12.1 Å². The predicted octanol–water partition coefficient (Wildman–Crippen LogP) is 1.65. The lowest BCUT2D eigenvalue weighted by Gasteiger charge is -2.33. The maximum absolute atomic E-state index is 10.8. The molecule has 1 aromatic carbocycles. The fraction of sp³-hybridized carbons (Fsp3) is 0.500. The van der Waals surface area contributed by atoms with E-state index in [1.54, 1.807) is 12.7 Å². The third-order valence-corrected chi connectivity index (χ3v) is 4.27. The Morgan fingerprint density at radius 3 is 2.86 bits per heavy atom. The van der Waals surface area contributed by atoms with Crippen LogP contribution < -0.4 is 0 Å². The molecule has 1 aliphatic rings. The number of likely N-dealkylation sites (tertiary alicyclic amines) is 1. The van der Waals surface area contributed by atoms with Gasteiger partial charge in [-0.05, 0) is 31.9 Å². The van der Waals surface area contributed by atoms with Crippen LogP contribution in [0.4, 0.5) is 0 Å². The van der Waals surface area contributed by atoms with Gasteiger partial charge in [0.05, 0.1) is 12.1 Å². The average Bonchev–Trinajstić information content (AvgIpc) is 3.13. The molecule has 0 unspecified atom stereocenters. The zero-order valence-corrected chi connectivity index (χ0v) is 12.4. The van der Waals surface area contributed by atoms with Crippen LogP contribution in [0.3, 0.4) is 0 Å². The van der Waals surface area contributed by atoms with Crippen LogP contribution in [-0.4, -0.2) is 43.9 Å². The summed E-state index contributed by atoms with van der Waals surface area (Å²) in [5.74, 6) is 0. The first kappa shape index (κ1) is 14.2. The van der Waals surface area contributed by atoms with Crippen LogP contribution in [0.15, 0.2) is 43.0 Å². The zero-order valence-electron chi connectivity index (χ0n) is 12.4. The average molecular weight is 286 g/mol. The van der Waals surface area contributed by atoms with Gasteiger partial charge in [0.2, 0.25) is 0 Å². The summed E-state index contributed by atoms with van der Waals surface area (Å²) in [6.45, 7) is 4.41. The molecule has 0 saturated carbocycles. The van der Waals surface area contributed by atoms with Gasteiger partial charge in [-0.15, -0.1) is 0 Å². The first-order chi connectivity index (χ1) is 10.1. The van der Waals surface area contributed by atoms with Gasteiger partial charge >= 0.3 is 0 Å². The normalized spacial score (nSPS) is 22.3. The Morgan fingerprint density at radius 2 is 2.14 bits per heavy atom. The molecule has 3 rings (SSSR count). The molecule has 5 heteroatoms. The second kappa shape index (κ2) is 5.95. The van der Waals surface area contributed by atoms with Crippen LogP contribution in [0, 0.1) is 0 Å². The van der Waals surface area contributed by atoms with E-state index in [0.29, 0.717) is 12.6 Å². The van der Waals surface area contributed by atoms with Gasteiger partial charge in [0.1, 0.15) is 12.7 Å². The van der Waals surface area contributed by atoms with E-state index < -0.39 is 5.60 Å². The maximum Gasteiger partial charge on any atom is 0.137 e. The highest BCUT2D eigenvalue weighted by Crippen LogP contribution is 2.26. The molecular weight excluding hydrogens is 264 g/mol.